The molecule has 5 rings (SSSR count). The predicted molar refractivity (Wildman–Crippen MR) is 139 cm³/mol. The van der Waals surface area contributed by atoms with Crippen molar-refractivity contribution < 1.29 is 18.3 Å². The molecule has 3 aromatic rings. The van der Waals surface area contributed by atoms with E-state index in [0.717, 1.165) is 35.9 Å². The molecule has 3 N–H and O–H groups in total. The van der Waals surface area contributed by atoms with Gasteiger partial charge >= 0.3 is 0 Å². The molecule has 2 aromatic heterocycles. The van der Waals surface area contributed by atoms with E-state index < -0.39 is 17.5 Å². The largest absolute Gasteiger partial charge is 0.478 e. The Morgan fingerprint density at radius 3 is 2.89 bits per heavy atom. The Morgan fingerprint density at radius 1 is 1.39 bits per heavy atom. The number of aromatic nitrogens is 1. The zero-order valence-corrected chi connectivity index (χ0v) is 21.5. The van der Waals surface area contributed by atoms with Crippen LogP contribution in [0.5, 0.6) is 5.75 Å². The summed E-state index contributed by atoms with van der Waals surface area (Å²) in [5.41, 5.74) is 8.32. The van der Waals surface area contributed by atoms with Gasteiger partial charge in [0.05, 0.1) is 22.2 Å². The molecule has 1 aromatic carbocycles. The summed E-state index contributed by atoms with van der Waals surface area (Å²) in [4.78, 5) is 19.2. The molecule has 4 heterocycles. The van der Waals surface area contributed by atoms with Crippen LogP contribution < -0.4 is 15.8 Å². The number of nitrogen functional groups attached to an aromatic ring is 1. The molecule has 10 heteroatoms. The van der Waals surface area contributed by atoms with Gasteiger partial charge in [0.15, 0.2) is 11.4 Å². The van der Waals surface area contributed by atoms with Gasteiger partial charge in [-0.1, -0.05) is 29.3 Å². The summed E-state index contributed by atoms with van der Waals surface area (Å²) >= 11 is 12.4. The Balaban J connectivity index is 1.41. The number of nitrogens with zero attached hydrogens (tertiary/aromatic N) is 2. The highest BCUT2D eigenvalue weighted by Crippen LogP contribution is 2.41. The van der Waals surface area contributed by atoms with Crippen LogP contribution in [0.25, 0.3) is 16.5 Å². The maximum Gasteiger partial charge on any atom is 0.242 e. The first-order valence-corrected chi connectivity index (χ1v) is 12.6. The number of benzene rings is 1. The van der Waals surface area contributed by atoms with Crippen molar-refractivity contribution in [3.05, 3.63) is 57.7 Å². The zero-order valence-electron chi connectivity index (χ0n) is 20.0. The van der Waals surface area contributed by atoms with E-state index >= 15 is 0 Å². The van der Waals surface area contributed by atoms with Gasteiger partial charge in [0.1, 0.15) is 11.9 Å². The van der Waals surface area contributed by atoms with Gasteiger partial charge in [0.2, 0.25) is 11.7 Å². The third-order valence-electron chi connectivity index (χ3n) is 7.06. The number of nitrogens with two attached hydrogens (primary N) is 1. The van der Waals surface area contributed by atoms with Gasteiger partial charge < -0.3 is 25.1 Å². The molecule has 0 aliphatic carbocycles. The van der Waals surface area contributed by atoms with Crippen molar-refractivity contribution in [2.24, 2.45) is 0 Å². The molecule has 2 atom stereocenters. The van der Waals surface area contributed by atoms with Crippen LogP contribution in [0.2, 0.25) is 10.0 Å². The first kappa shape index (κ1) is 24.9. The number of fused-ring (bicyclic) bond motifs is 1. The van der Waals surface area contributed by atoms with Crippen LogP contribution in [0.1, 0.15) is 50.3 Å². The van der Waals surface area contributed by atoms with Crippen molar-refractivity contribution >= 4 is 51.5 Å². The normalized spacial score (nSPS) is 21.0. The number of carbonyl (C=O) groups excluding carboxylic acids is 1. The second kappa shape index (κ2) is 9.57. The summed E-state index contributed by atoms with van der Waals surface area (Å²) < 4.78 is 26.0. The van der Waals surface area contributed by atoms with E-state index in [1.807, 2.05) is 11.8 Å². The number of halogens is 3. The minimum Gasteiger partial charge on any atom is -0.478 e. The second-order valence-electron chi connectivity index (χ2n) is 9.47. The minimum atomic E-state index is -0.719. The minimum absolute atomic E-state index is 0.109. The summed E-state index contributed by atoms with van der Waals surface area (Å²) in [6.07, 6.45) is 7.17. The monoisotopic (exact) mass is 532 g/mol. The van der Waals surface area contributed by atoms with Crippen LogP contribution in [0.3, 0.4) is 0 Å². The SMILES string of the molecule is C[C@@H](Oc1c(N)ncc2c(C3=CCN(C(=O)[C@@]4(C)CCCN4)CC3)coc12)c1c(Cl)ccc(F)c1Cl. The fourth-order valence-corrected chi connectivity index (χ4v) is 5.70. The second-order valence-corrected chi connectivity index (χ2v) is 10.3. The van der Waals surface area contributed by atoms with Crippen LogP contribution in [0.15, 0.2) is 35.1 Å². The molecule has 0 radical (unpaired) electrons. The van der Waals surface area contributed by atoms with Crippen molar-refractivity contribution in [1.29, 1.82) is 0 Å². The van der Waals surface area contributed by atoms with Crippen molar-refractivity contribution in [3.63, 3.8) is 0 Å². The molecule has 1 amide bonds. The molecule has 7 nitrogen and oxygen atoms in total. The molecule has 36 heavy (non-hydrogen) atoms. The summed E-state index contributed by atoms with van der Waals surface area (Å²) in [6, 6.07) is 2.63. The molecule has 2 aliphatic heterocycles. The topological polar surface area (TPSA) is 93.6 Å². The van der Waals surface area contributed by atoms with Gasteiger partial charge in [0, 0.05) is 35.4 Å². The quantitative estimate of drug-likeness (QED) is 0.406. The third kappa shape index (κ3) is 4.31. The standard InChI is InChI=1S/C26H27Cl2FN4O3/c1-14(20-18(27)4-5-19(29)21(20)28)36-23-22-16(12-31-24(23)30)17(13-35-22)15-6-10-33(11-7-15)25(34)26(2)8-3-9-32-26/h4-6,12-14,32H,3,7-11H2,1-2H3,(H2,30,31)/t14-,26-/m1/s1. The number of pyridine rings is 1. The molecule has 2 aliphatic rings. The number of amides is 1. The van der Waals surface area contributed by atoms with Crippen molar-refractivity contribution in [2.45, 2.75) is 44.8 Å². The predicted octanol–water partition coefficient (Wildman–Crippen LogP) is 5.75. The van der Waals surface area contributed by atoms with E-state index in [2.05, 4.69) is 16.4 Å². The number of anilines is 1. The van der Waals surface area contributed by atoms with Gasteiger partial charge in [-0.3, -0.25) is 4.79 Å². The van der Waals surface area contributed by atoms with Crippen LogP contribution >= 0.6 is 23.2 Å². The van der Waals surface area contributed by atoms with Crippen molar-refractivity contribution in [2.75, 3.05) is 25.4 Å². The molecule has 190 valence electrons. The fourth-order valence-electron chi connectivity index (χ4n) is 5.02. The smallest absolute Gasteiger partial charge is 0.242 e. The number of hydrogen-bond donors (Lipinski definition) is 2. The number of hydrogen-bond acceptors (Lipinski definition) is 6. The Kier molecular flexibility index (Phi) is 6.61. The van der Waals surface area contributed by atoms with Crippen molar-refractivity contribution in [3.8, 4) is 5.75 Å². The Morgan fingerprint density at radius 2 is 2.19 bits per heavy atom. The Bertz CT molecular complexity index is 1370. The molecule has 0 bridgehead atoms. The van der Waals surface area contributed by atoms with Gasteiger partial charge in [-0.15, -0.1) is 0 Å². The highest BCUT2D eigenvalue weighted by Gasteiger charge is 2.39. The molecule has 0 saturated carbocycles. The van der Waals surface area contributed by atoms with Crippen molar-refractivity contribution in [1.82, 2.24) is 15.2 Å². The fraction of sp³-hybridized carbons (Fsp3) is 0.385. The molecular formula is C26H27Cl2FN4O3. The first-order valence-electron chi connectivity index (χ1n) is 11.9. The lowest BCUT2D eigenvalue weighted by molar-refractivity contribution is -0.136. The van der Waals surface area contributed by atoms with E-state index in [1.54, 1.807) is 19.4 Å². The maximum absolute atomic E-state index is 14.1. The first-order chi connectivity index (χ1) is 17.2. The van der Waals surface area contributed by atoms with E-state index in [0.29, 0.717) is 30.7 Å². The maximum atomic E-state index is 14.1. The summed E-state index contributed by atoms with van der Waals surface area (Å²) in [7, 11) is 0. The number of ether oxygens (including phenoxy) is 1. The highest BCUT2D eigenvalue weighted by molar-refractivity contribution is 6.36. The zero-order chi connectivity index (χ0) is 25.6. The van der Waals surface area contributed by atoms with E-state index in [-0.39, 0.29) is 27.5 Å². The van der Waals surface area contributed by atoms with E-state index in [1.165, 1.54) is 12.1 Å². The lowest BCUT2D eigenvalue weighted by Crippen LogP contribution is -2.53. The number of nitrogens with one attached hydrogen (secondary N) is 1. The molecule has 0 spiro atoms. The summed E-state index contributed by atoms with van der Waals surface area (Å²) in [5.74, 6) is -0.0894. The van der Waals surface area contributed by atoms with Gasteiger partial charge in [0.25, 0.3) is 0 Å². The summed E-state index contributed by atoms with van der Waals surface area (Å²) in [5, 5.41) is 4.25. The van der Waals surface area contributed by atoms with Crippen LogP contribution in [0.4, 0.5) is 10.2 Å². The average Bonchev–Trinajstić information content (AvgIpc) is 3.50. The molecular weight excluding hydrogens is 506 g/mol. The average molecular weight is 533 g/mol. The Hall–Kier alpha value is -2.81. The van der Waals surface area contributed by atoms with E-state index in [4.69, 9.17) is 38.1 Å². The van der Waals surface area contributed by atoms with Gasteiger partial charge in [-0.2, -0.15) is 0 Å². The Labute approximate surface area is 218 Å². The lowest BCUT2D eigenvalue weighted by Gasteiger charge is -2.33. The van der Waals surface area contributed by atoms with Crippen LogP contribution in [-0.4, -0.2) is 41.0 Å². The van der Waals surface area contributed by atoms with E-state index in [9.17, 15) is 9.18 Å². The third-order valence-corrected chi connectivity index (χ3v) is 7.78. The summed E-state index contributed by atoms with van der Waals surface area (Å²) in [6.45, 7) is 5.69. The number of furan rings is 1. The number of carbonyl (C=O) groups is 1. The van der Waals surface area contributed by atoms with Gasteiger partial charge in [-0.05, 0) is 57.4 Å². The molecule has 1 saturated heterocycles. The van der Waals surface area contributed by atoms with Crippen LogP contribution in [0, 0.1) is 5.82 Å². The highest BCUT2D eigenvalue weighted by atomic mass is 35.5. The van der Waals surface area contributed by atoms with Crippen LogP contribution in [-0.2, 0) is 4.79 Å². The molecule has 1 fully saturated rings. The van der Waals surface area contributed by atoms with Gasteiger partial charge in [-0.25, -0.2) is 9.37 Å². The molecule has 0 unspecified atom stereocenters. The number of rotatable bonds is 5. The lowest BCUT2D eigenvalue weighted by atomic mass is 9.95.